The monoisotopic (exact) mass is 625 g/mol. The number of rotatable bonds is 13. The minimum Gasteiger partial charge on any atom is -0.497 e. The summed E-state index contributed by atoms with van der Waals surface area (Å²) in [7, 11) is 0.158. The smallest absolute Gasteiger partial charge is 0.264 e. The van der Waals surface area contributed by atoms with Crippen LogP contribution in [0.5, 0.6) is 17.2 Å². The molecular formula is C33H43N3O7S. The fourth-order valence-electron chi connectivity index (χ4n) is 4.64. The van der Waals surface area contributed by atoms with Gasteiger partial charge < -0.3 is 24.4 Å². The Balaban J connectivity index is 2.15. The average molecular weight is 626 g/mol. The van der Waals surface area contributed by atoms with E-state index in [1.807, 2.05) is 34.6 Å². The Kier molecular flexibility index (Phi) is 11.3. The molecule has 44 heavy (non-hydrogen) atoms. The Hall–Kier alpha value is -4.25. The zero-order chi connectivity index (χ0) is 32.7. The van der Waals surface area contributed by atoms with Gasteiger partial charge in [0.15, 0.2) is 0 Å². The van der Waals surface area contributed by atoms with Crippen molar-refractivity contribution in [2.24, 2.45) is 0 Å². The molecular weight excluding hydrogens is 582 g/mol. The second-order valence-corrected chi connectivity index (χ2v) is 13.3. The summed E-state index contributed by atoms with van der Waals surface area (Å²) in [6.07, 6.45) is 0.303. The van der Waals surface area contributed by atoms with Gasteiger partial charge in [0, 0.05) is 18.2 Å². The largest absolute Gasteiger partial charge is 0.497 e. The lowest BCUT2D eigenvalue weighted by atomic mass is 10.1. The number of ether oxygens (including phenoxy) is 3. The molecule has 3 aromatic rings. The predicted octanol–water partition coefficient (Wildman–Crippen LogP) is 4.94. The molecule has 0 heterocycles. The van der Waals surface area contributed by atoms with E-state index in [2.05, 4.69) is 5.32 Å². The van der Waals surface area contributed by atoms with Crippen molar-refractivity contribution in [1.82, 2.24) is 10.2 Å². The van der Waals surface area contributed by atoms with Crippen molar-refractivity contribution in [3.8, 4) is 17.2 Å². The summed E-state index contributed by atoms with van der Waals surface area (Å²) in [6.45, 7) is 8.71. The van der Waals surface area contributed by atoms with Gasteiger partial charge in [-0.05, 0) is 76.1 Å². The van der Waals surface area contributed by atoms with Gasteiger partial charge in [0.05, 0.1) is 31.9 Å². The highest BCUT2D eigenvalue weighted by atomic mass is 32.2. The number of methoxy groups -OCH3 is 3. The maximum atomic E-state index is 14.4. The van der Waals surface area contributed by atoms with E-state index in [9.17, 15) is 18.0 Å². The zero-order valence-corrected chi connectivity index (χ0v) is 27.5. The van der Waals surface area contributed by atoms with Gasteiger partial charge in [-0.25, -0.2) is 8.42 Å². The molecule has 3 rings (SSSR count). The first-order valence-electron chi connectivity index (χ1n) is 14.3. The zero-order valence-electron chi connectivity index (χ0n) is 26.7. The Morgan fingerprint density at radius 3 is 1.98 bits per heavy atom. The quantitative estimate of drug-likeness (QED) is 0.286. The van der Waals surface area contributed by atoms with E-state index in [4.69, 9.17) is 14.2 Å². The van der Waals surface area contributed by atoms with Crippen LogP contribution < -0.4 is 23.8 Å². The van der Waals surface area contributed by atoms with E-state index in [0.29, 0.717) is 17.9 Å². The van der Waals surface area contributed by atoms with Gasteiger partial charge in [-0.1, -0.05) is 36.8 Å². The van der Waals surface area contributed by atoms with Crippen molar-refractivity contribution in [2.45, 2.75) is 64.1 Å². The summed E-state index contributed by atoms with van der Waals surface area (Å²) in [6, 6.07) is 17.4. The Labute approximate surface area is 261 Å². The SMILES string of the molecule is CC[C@H](C(=O)NC(C)(C)C)N(Cc1ccc(OC)cc1)C(=O)CN(c1cc(OC)ccc1OC)S(=O)(=O)c1ccc(C)cc1. The molecule has 0 aliphatic heterocycles. The molecule has 3 aromatic carbocycles. The molecule has 0 aliphatic carbocycles. The van der Waals surface area contributed by atoms with Gasteiger partial charge in [-0.2, -0.15) is 0 Å². The lowest BCUT2D eigenvalue weighted by molar-refractivity contribution is -0.141. The molecule has 2 amide bonds. The summed E-state index contributed by atoms with van der Waals surface area (Å²) >= 11 is 0. The van der Waals surface area contributed by atoms with Crippen LogP contribution in [0, 0.1) is 6.92 Å². The van der Waals surface area contributed by atoms with Crippen molar-refractivity contribution in [2.75, 3.05) is 32.2 Å². The third kappa shape index (κ3) is 8.43. The predicted molar refractivity (Wildman–Crippen MR) is 171 cm³/mol. The molecule has 0 saturated heterocycles. The summed E-state index contributed by atoms with van der Waals surface area (Å²) in [5.74, 6) is 0.340. The summed E-state index contributed by atoms with van der Waals surface area (Å²) in [5.41, 5.74) is 1.20. The maximum absolute atomic E-state index is 14.4. The standard InChI is InChI=1S/C33H43N3O7S/c1-9-28(32(38)34-33(3,4)5)35(21-24-12-14-25(41-6)15-13-24)31(37)22-36(29-20-26(42-7)16-19-30(29)43-8)44(39,40)27-17-10-23(2)11-18-27/h10-20,28H,9,21-22H2,1-8H3,(H,34,38)/t28-/m1/s1. The molecule has 0 bridgehead atoms. The first-order chi connectivity index (χ1) is 20.7. The molecule has 0 aromatic heterocycles. The van der Waals surface area contributed by atoms with Crippen molar-refractivity contribution in [3.63, 3.8) is 0 Å². The molecule has 0 saturated carbocycles. The molecule has 10 nitrogen and oxygen atoms in total. The van der Waals surface area contributed by atoms with Crippen LogP contribution in [-0.4, -0.2) is 64.6 Å². The number of hydrogen-bond acceptors (Lipinski definition) is 7. The normalized spacial score (nSPS) is 12.2. The van der Waals surface area contributed by atoms with E-state index in [-0.39, 0.29) is 28.8 Å². The van der Waals surface area contributed by atoms with Crippen LogP contribution in [0.2, 0.25) is 0 Å². The van der Waals surface area contributed by atoms with E-state index in [1.165, 1.54) is 37.3 Å². The number of benzene rings is 3. The molecule has 0 aliphatic rings. The second-order valence-electron chi connectivity index (χ2n) is 11.4. The van der Waals surface area contributed by atoms with Gasteiger partial charge in [0.25, 0.3) is 10.0 Å². The third-order valence-electron chi connectivity index (χ3n) is 6.94. The number of sulfonamides is 1. The summed E-state index contributed by atoms with van der Waals surface area (Å²) < 4.78 is 45.7. The molecule has 1 N–H and O–H groups in total. The summed E-state index contributed by atoms with van der Waals surface area (Å²) in [4.78, 5) is 29.3. The topological polar surface area (TPSA) is 114 Å². The van der Waals surface area contributed by atoms with Gasteiger partial charge in [-0.15, -0.1) is 0 Å². The molecule has 0 fully saturated rings. The van der Waals surface area contributed by atoms with Crippen LogP contribution in [-0.2, 0) is 26.2 Å². The highest BCUT2D eigenvalue weighted by molar-refractivity contribution is 7.92. The number of carbonyl (C=O) groups is 2. The van der Waals surface area contributed by atoms with Gasteiger partial charge in [0.2, 0.25) is 11.8 Å². The second kappa shape index (κ2) is 14.5. The van der Waals surface area contributed by atoms with Crippen molar-refractivity contribution in [3.05, 3.63) is 77.9 Å². The van der Waals surface area contributed by atoms with Crippen LogP contribution in [0.15, 0.2) is 71.6 Å². The maximum Gasteiger partial charge on any atom is 0.264 e. The Bertz CT molecular complexity index is 1530. The minimum absolute atomic E-state index is 0.00000508. The molecule has 0 radical (unpaired) electrons. The number of nitrogens with zero attached hydrogens (tertiary/aromatic N) is 2. The number of nitrogens with one attached hydrogen (secondary N) is 1. The highest BCUT2D eigenvalue weighted by Gasteiger charge is 2.35. The number of hydrogen-bond donors (Lipinski definition) is 1. The van der Waals surface area contributed by atoms with Crippen LogP contribution in [0.4, 0.5) is 5.69 Å². The van der Waals surface area contributed by atoms with Crippen molar-refractivity contribution < 1.29 is 32.2 Å². The van der Waals surface area contributed by atoms with E-state index in [1.54, 1.807) is 55.6 Å². The Morgan fingerprint density at radius 1 is 0.864 bits per heavy atom. The third-order valence-corrected chi connectivity index (χ3v) is 8.71. The number of carbonyl (C=O) groups excluding carboxylic acids is 2. The van der Waals surface area contributed by atoms with E-state index in [0.717, 1.165) is 15.4 Å². The first-order valence-corrected chi connectivity index (χ1v) is 15.7. The molecule has 0 spiro atoms. The molecule has 1 atom stereocenters. The van der Waals surface area contributed by atoms with Gasteiger partial charge in [-0.3, -0.25) is 13.9 Å². The lowest BCUT2D eigenvalue weighted by Gasteiger charge is -2.35. The van der Waals surface area contributed by atoms with Crippen molar-refractivity contribution in [1.29, 1.82) is 0 Å². The molecule has 0 unspecified atom stereocenters. The summed E-state index contributed by atoms with van der Waals surface area (Å²) in [5, 5.41) is 2.97. The fourth-order valence-corrected chi connectivity index (χ4v) is 6.06. The van der Waals surface area contributed by atoms with Gasteiger partial charge >= 0.3 is 0 Å². The molecule has 238 valence electrons. The lowest BCUT2D eigenvalue weighted by Crippen LogP contribution is -2.55. The number of aryl methyl sites for hydroxylation is 1. The van der Waals surface area contributed by atoms with Crippen LogP contribution in [0.1, 0.15) is 45.2 Å². The minimum atomic E-state index is -4.29. The van der Waals surface area contributed by atoms with Crippen LogP contribution in [0.25, 0.3) is 0 Å². The van der Waals surface area contributed by atoms with Gasteiger partial charge in [0.1, 0.15) is 29.8 Å². The van der Waals surface area contributed by atoms with Crippen LogP contribution >= 0.6 is 0 Å². The number of amides is 2. The van der Waals surface area contributed by atoms with E-state index >= 15 is 0 Å². The fraction of sp³-hybridized carbons (Fsp3) is 0.394. The first kappa shape index (κ1) is 34.2. The van der Waals surface area contributed by atoms with Crippen LogP contribution in [0.3, 0.4) is 0 Å². The average Bonchev–Trinajstić information content (AvgIpc) is 2.98. The highest BCUT2D eigenvalue weighted by Crippen LogP contribution is 2.36. The molecule has 11 heteroatoms. The van der Waals surface area contributed by atoms with E-state index < -0.39 is 34.1 Å². The Morgan fingerprint density at radius 2 is 1.45 bits per heavy atom. The van der Waals surface area contributed by atoms with Crippen molar-refractivity contribution >= 4 is 27.5 Å². The number of anilines is 1.